The molecule has 0 aromatic heterocycles. The third-order valence-corrected chi connectivity index (χ3v) is 2.78. The van der Waals surface area contributed by atoms with Crippen molar-refractivity contribution in [3.8, 4) is 17.6 Å². The first-order valence-corrected chi connectivity index (χ1v) is 5.04. The molecule has 1 aromatic rings. The van der Waals surface area contributed by atoms with Gasteiger partial charge in [-0.3, -0.25) is 0 Å². The van der Waals surface area contributed by atoms with Gasteiger partial charge in [0.15, 0.2) is 0 Å². The molecule has 0 amide bonds. The molecule has 0 saturated carbocycles. The maximum atomic E-state index is 8.89. The predicted molar refractivity (Wildman–Crippen MR) is 49.6 cm³/mol. The van der Waals surface area contributed by atoms with E-state index in [0.29, 0.717) is 17.1 Å². The molecule has 1 rings (SSSR count). The molecule has 3 radical (unpaired) electrons. The summed E-state index contributed by atoms with van der Waals surface area (Å²) in [6, 6.07) is 5.75. The van der Waals surface area contributed by atoms with Gasteiger partial charge in [0.2, 0.25) is 0 Å². The fourth-order valence-electron chi connectivity index (χ4n) is 1.05. The maximum absolute atomic E-state index is 8.89. The molecule has 0 heterocycles. The van der Waals surface area contributed by atoms with Crippen LogP contribution in [0.4, 0.5) is 0 Å². The first kappa shape index (κ1) is 10.2. The van der Waals surface area contributed by atoms with E-state index in [1.165, 1.54) is 22.5 Å². The van der Waals surface area contributed by atoms with Crippen LogP contribution in [-0.4, -0.2) is 36.7 Å². The molecule has 65 valence electrons. The summed E-state index contributed by atoms with van der Waals surface area (Å²) in [5.41, 5.74) is 0.472. The van der Waals surface area contributed by atoms with Crippen LogP contribution in [0, 0.1) is 11.3 Å². The van der Waals surface area contributed by atoms with Crippen molar-refractivity contribution in [3.63, 3.8) is 0 Å². The number of methoxy groups -OCH3 is 2. The Morgan fingerprint density at radius 3 is 2.46 bits per heavy atom. The van der Waals surface area contributed by atoms with Crippen LogP contribution in [0.25, 0.3) is 0 Å². The number of ether oxygens (including phenoxy) is 2. The summed E-state index contributed by atoms with van der Waals surface area (Å²) in [5.74, 6) is 1.19. The zero-order chi connectivity index (χ0) is 9.84. The van der Waals surface area contributed by atoms with E-state index in [9.17, 15) is 0 Å². The van der Waals surface area contributed by atoms with Crippen molar-refractivity contribution in [2.45, 2.75) is 0 Å². The molecule has 0 atom stereocenters. The molecule has 0 aliphatic heterocycles. The fourth-order valence-corrected chi connectivity index (χ4v) is 1.94. The monoisotopic (exact) mass is 282 g/mol. The summed E-state index contributed by atoms with van der Waals surface area (Å²) in [7, 11) is 3.10. The summed E-state index contributed by atoms with van der Waals surface area (Å²) < 4.78 is 11.2. The van der Waals surface area contributed by atoms with Crippen molar-refractivity contribution in [1.29, 1.82) is 5.26 Å². The van der Waals surface area contributed by atoms with Gasteiger partial charge in [0, 0.05) is 0 Å². The van der Waals surface area contributed by atoms with Crippen molar-refractivity contribution in [3.05, 3.63) is 17.7 Å². The second-order valence-corrected chi connectivity index (χ2v) is 3.87. The molecule has 0 spiro atoms. The van der Waals surface area contributed by atoms with E-state index in [-0.39, 0.29) is 0 Å². The van der Waals surface area contributed by atoms with Gasteiger partial charge in [-0.25, -0.2) is 0 Å². The number of nitriles is 1. The Morgan fingerprint density at radius 2 is 2.00 bits per heavy atom. The predicted octanol–water partition coefficient (Wildman–Crippen LogP) is 0.369. The minimum absolute atomic E-state index is 0.472. The van der Waals surface area contributed by atoms with Crippen molar-refractivity contribution in [1.82, 2.24) is 0 Å². The first-order valence-electron chi connectivity index (χ1n) is 3.61. The van der Waals surface area contributed by atoms with Crippen LogP contribution in [0.1, 0.15) is 5.56 Å². The zero-order valence-electron chi connectivity index (χ0n) is 7.42. The Labute approximate surface area is 90.4 Å². The van der Waals surface area contributed by atoms with Gasteiger partial charge in [0.25, 0.3) is 0 Å². The van der Waals surface area contributed by atoms with Crippen molar-refractivity contribution >= 4 is 26.1 Å². The number of hydrogen-bond acceptors (Lipinski definition) is 3. The van der Waals surface area contributed by atoms with Crippen molar-refractivity contribution in [2.75, 3.05) is 14.2 Å². The Hall–Kier alpha value is -0.891. The third-order valence-electron chi connectivity index (χ3n) is 1.66. The van der Waals surface area contributed by atoms with E-state index in [1.54, 1.807) is 20.3 Å². The Bertz CT molecular complexity index is 357. The van der Waals surface area contributed by atoms with Gasteiger partial charge in [0.1, 0.15) is 0 Å². The zero-order valence-corrected chi connectivity index (χ0v) is 10.3. The summed E-state index contributed by atoms with van der Waals surface area (Å²) in [4.78, 5) is 0. The SMILES string of the molecule is COc1cc[c]([Sn])c(OC)c1C#N. The fraction of sp³-hybridized carbons (Fsp3) is 0.222. The molecule has 0 N–H and O–H groups in total. The van der Waals surface area contributed by atoms with Crippen LogP contribution < -0.4 is 13.1 Å². The Kier molecular flexibility index (Phi) is 3.43. The van der Waals surface area contributed by atoms with E-state index in [1.807, 2.05) is 6.07 Å². The summed E-state index contributed by atoms with van der Waals surface area (Å²) >= 11 is 1.22. The van der Waals surface area contributed by atoms with Gasteiger partial charge in [-0.05, 0) is 0 Å². The Balaban J connectivity index is 3.39. The average molecular weight is 281 g/mol. The molecule has 0 fully saturated rings. The van der Waals surface area contributed by atoms with Crippen LogP contribution in [-0.2, 0) is 0 Å². The number of rotatable bonds is 2. The second-order valence-electron chi connectivity index (χ2n) is 2.34. The molecule has 4 heteroatoms. The van der Waals surface area contributed by atoms with Crippen LogP contribution in [0.3, 0.4) is 0 Å². The molecular weight excluding hydrogens is 273 g/mol. The molecule has 0 aliphatic rings. The third kappa shape index (κ3) is 1.89. The van der Waals surface area contributed by atoms with Crippen molar-refractivity contribution in [2.24, 2.45) is 0 Å². The van der Waals surface area contributed by atoms with Crippen LogP contribution >= 0.6 is 0 Å². The number of hydrogen-bond donors (Lipinski definition) is 0. The van der Waals surface area contributed by atoms with Crippen LogP contribution in [0.15, 0.2) is 12.1 Å². The molecule has 1 aromatic carbocycles. The molecular formula is C9H8NO2Sn. The second kappa shape index (κ2) is 4.37. The first-order chi connectivity index (χ1) is 6.24. The van der Waals surface area contributed by atoms with Gasteiger partial charge in [-0.1, -0.05) is 0 Å². The summed E-state index contributed by atoms with van der Waals surface area (Å²) in [6.45, 7) is 0. The standard InChI is InChI=1S/C9H8NO2.Sn/c1-11-8-4-3-5-9(12-2)7(8)6-10;/h3-4H,1-2H3;. The molecule has 13 heavy (non-hydrogen) atoms. The van der Waals surface area contributed by atoms with Gasteiger partial charge in [-0.15, -0.1) is 0 Å². The van der Waals surface area contributed by atoms with Crippen LogP contribution in [0.2, 0.25) is 0 Å². The van der Waals surface area contributed by atoms with Gasteiger partial charge in [-0.2, -0.15) is 0 Å². The van der Waals surface area contributed by atoms with E-state index >= 15 is 0 Å². The normalized spacial score (nSPS) is 9.08. The molecule has 3 nitrogen and oxygen atoms in total. The van der Waals surface area contributed by atoms with Gasteiger partial charge in [0.05, 0.1) is 0 Å². The topological polar surface area (TPSA) is 42.2 Å². The van der Waals surface area contributed by atoms with E-state index < -0.39 is 0 Å². The minimum atomic E-state index is 0.472. The quantitative estimate of drug-likeness (QED) is 0.735. The van der Waals surface area contributed by atoms with Gasteiger partial charge >= 0.3 is 90.3 Å². The summed E-state index contributed by atoms with van der Waals surface area (Å²) in [5, 5.41) is 8.89. The molecule has 0 aliphatic carbocycles. The van der Waals surface area contributed by atoms with E-state index in [2.05, 4.69) is 6.07 Å². The van der Waals surface area contributed by atoms with E-state index in [0.717, 1.165) is 3.58 Å². The van der Waals surface area contributed by atoms with Crippen molar-refractivity contribution < 1.29 is 9.47 Å². The van der Waals surface area contributed by atoms with E-state index in [4.69, 9.17) is 14.7 Å². The number of benzene rings is 1. The average Bonchev–Trinajstić information content (AvgIpc) is 2.17. The van der Waals surface area contributed by atoms with Crippen LogP contribution in [0.5, 0.6) is 11.5 Å². The molecule has 0 unspecified atom stereocenters. The Morgan fingerprint density at radius 1 is 1.31 bits per heavy atom. The molecule has 0 saturated heterocycles. The molecule has 0 bridgehead atoms. The summed E-state index contributed by atoms with van der Waals surface area (Å²) in [6.07, 6.45) is 0. The number of nitrogens with zero attached hydrogens (tertiary/aromatic N) is 1. The van der Waals surface area contributed by atoms with Gasteiger partial charge < -0.3 is 0 Å².